The first-order chi connectivity index (χ1) is 21.8. The highest BCUT2D eigenvalue weighted by molar-refractivity contribution is 5.47. The Balaban J connectivity index is 1.19. The Morgan fingerprint density at radius 2 is 0.659 bits per heavy atom. The van der Waals surface area contributed by atoms with Crippen LogP contribution in [0.15, 0.2) is 48.5 Å². The van der Waals surface area contributed by atoms with Crippen molar-refractivity contribution in [2.45, 2.75) is 193 Å². The molecule has 2 aromatic carbocycles. The molecule has 0 heterocycles. The Kier molecular flexibility index (Phi) is 20.2. The van der Waals surface area contributed by atoms with Gasteiger partial charge in [-0.3, -0.25) is 0 Å². The zero-order valence-corrected chi connectivity index (χ0v) is 29.2. The first-order valence-corrected chi connectivity index (χ1v) is 19.5. The average Bonchev–Trinajstić information content (AvgIpc) is 3.05. The minimum absolute atomic E-state index is 0.601. The number of unbranched alkanes of at least 4 members (excludes halogenated alkanes) is 18. The van der Waals surface area contributed by atoms with Crippen LogP contribution in [-0.2, 0) is 12.8 Å². The van der Waals surface area contributed by atoms with E-state index in [1.54, 1.807) is 0 Å². The Labute approximate surface area is 274 Å². The summed E-state index contributed by atoms with van der Waals surface area (Å²) in [5.74, 6) is 0. The van der Waals surface area contributed by atoms with Crippen molar-refractivity contribution < 1.29 is 0 Å². The molecule has 0 spiro atoms. The standard InChI is InChI=1S/C42H70N2/c1-3-5-7-9-11-13-15-17-19-21-23-37-25-29-39(30-26-37)43-41-33-35-42(36-34-41)44-40-31-27-38(28-32-40)24-22-20-18-16-14-12-10-8-6-4-2/h25-32,41-44H,3-24,33-36H2,1-2H3. The van der Waals surface area contributed by atoms with Gasteiger partial charge in [0.1, 0.15) is 0 Å². The van der Waals surface area contributed by atoms with E-state index < -0.39 is 0 Å². The highest BCUT2D eigenvalue weighted by atomic mass is 15.0. The highest BCUT2D eigenvalue weighted by Gasteiger charge is 2.21. The lowest BCUT2D eigenvalue weighted by molar-refractivity contribution is 0.429. The third-order valence-electron chi connectivity index (χ3n) is 10.0. The van der Waals surface area contributed by atoms with Crippen LogP contribution in [-0.4, -0.2) is 12.1 Å². The summed E-state index contributed by atoms with van der Waals surface area (Å²) in [5.41, 5.74) is 5.59. The summed E-state index contributed by atoms with van der Waals surface area (Å²) in [5, 5.41) is 7.65. The lowest BCUT2D eigenvalue weighted by Crippen LogP contribution is -2.32. The van der Waals surface area contributed by atoms with E-state index >= 15 is 0 Å². The van der Waals surface area contributed by atoms with E-state index in [0.717, 1.165) is 0 Å². The average molecular weight is 603 g/mol. The summed E-state index contributed by atoms with van der Waals surface area (Å²) < 4.78 is 0. The molecule has 0 amide bonds. The third kappa shape index (κ3) is 16.9. The number of benzene rings is 2. The van der Waals surface area contributed by atoms with Gasteiger partial charge in [-0.2, -0.15) is 0 Å². The van der Waals surface area contributed by atoms with Gasteiger partial charge in [0.05, 0.1) is 0 Å². The van der Waals surface area contributed by atoms with Gasteiger partial charge in [0.15, 0.2) is 0 Å². The molecular formula is C42H70N2. The second-order valence-corrected chi connectivity index (χ2v) is 14.1. The Hall–Kier alpha value is -1.96. The van der Waals surface area contributed by atoms with Gasteiger partial charge in [0.25, 0.3) is 0 Å². The number of hydrogen-bond donors (Lipinski definition) is 2. The van der Waals surface area contributed by atoms with Crippen LogP contribution in [0.25, 0.3) is 0 Å². The van der Waals surface area contributed by atoms with E-state index in [9.17, 15) is 0 Å². The molecule has 248 valence electrons. The SMILES string of the molecule is CCCCCCCCCCCCc1ccc(NC2CCC(Nc3ccc(CCCCCCCCCCCC)cc3)CC2)cc1. The lowest BCUT2D eigenvalue weighted by atomic mass is 9.90. The smallest absolute Gasteiger partial charge is 0.0342 e. The van der Waals surface area contributed by atoms with Crippen molar-refractivity contribution >= 4 is 11.4 Å². The van der Waals surface area contributed by atoms with E-state index in [0.29, 0.717) is 12.1 Å². The molecular weight excluding hydrogens is 532 g/mol. The van der Waals surface area contributed by atoms with Crippen molar-refractivity contribution in [3.8, 4) is 0 Å². The number of rotatable bonds is 26. The van der Waals surface area contributed by atoms with Crippen molar-refractivity contribution in [2.24, 2.45) is 0 Å². The number of nitrogens with one attached hydrogen (secondary N) is 2. The normalized spacial score (nSPS) is 16.7. The molecule has 1 aliphatic rings. The topological polar surface area (TPSA) is 24.1 Å². The molecule has 3 rings (SSSR count). The zero-order valence-electron chi connectivity index (χ0n) is 29.2. The Bertz CT molecular complexity index is 832. The highest BCUT2D eigenvalue weighted by Crippen LogP contribution is 2.26. The minimum atomic E-state index is 0.601. The maximum Gasteiger partial charge on any atom is 0.0342 e. The molecule has 44 heavy (non-hydrogen) atoms. The van der Waals surface area contributed by atoms with Gasteiger partial charge in [-0.15, -0.1) is 0 Å². The van der Waals surface area contributed by atoms with Crippen molar-refractivity contribution in [1.29, 1.82) is 0 Å². The molecule has 1 fully saturated rings. The van der Waals surface area contributed by atoms with Gasteiger partial charge >= 0.3 is 0 Å². The fraction of sp³-hybridized carbons (Fsp3) is 0.714. The van der Waals surface area contributed by atoms with Gasteiger partial charge in [-0.25, -0.2) is 0 Å². The Morgan fingerprint density at radius 1 is 0.386 bits per heavy atom. The fourth-order valence-corrected chi connectivity index (χ4v) is 7.02. The second kappa shape index (κ2) is 24.3. The summed E-state index contributed by atoms with van der Waals surface area (Å²) in [6, 6.07) is 19.9. The van der Waals surface area contributed by atoms with E-state index in [4.69, 9.17) is 0 Å². The molecule has 0 bridgehead atoms. The molecule has 0 radical (unpaired) electrons. The Morgan fingerprint density at radius 3 is 0.955 bits per heavy atom. The van der Waals surface area contributed by atoms with E-state index in [2.05, 4.69) is 73.0 Å². The van der Waals surface area contributed by atoms with Crippen LogP contribution in [0.3, 0.4) is 0 Å². The summed E-state index contributed by atoms with van der Waals surface area (Å²) >= 11 is 0. The lowest BCUT2D eigenvalue weighted by Gasteiger charge is -2.31. The van der Waals surface area contributed by atoms with Crippen molar-refractivity contribution in [3.05, 3.63) is 59.7 Å². The first kappa shape index (κ1) is 36.5. The summed E-state index contributed by atoms with van der Waals surface area (Å²) in [7, 11) is 0. The second-order valence-electron chi connectivity index (χ2n) is 14.1. The van der Waals surface area contributed by atoms with Gasteiger partial charge < -0.3 is 10.6 Å². The van der Waals surface area contributed by atoms with Gasteiger partial charge in [-0.05, 0) is 86.8 Å². The molecule has 1 saturated carbocycles. The molecule has 0 atom stereocenters. The fourth-order valence-electron chi connectivity index (χ4n) is 7.02. The third-order valence-corrected chi connectivity index (χ3v) is 10.0. The predicted octanol–water partition coefficient (Wildman–Crippen LogP) is 13.4. The number of anilines is 2. The van der Waals surface area contributed by atoms with Crippen molar-refractivity contribution in [2.75, 3.05) is 10.6 Å². The van der Waals surface area contributed by atoms with Crippen LogP contribution in [0.1, 0.15) is 179 Å². The van der Waals surface area contributed by atoms with Crippen molar-refractivity contribution in [3.63, 3.8) is 0 Å². The largest absolute Gasteiger partial charge is 0.382 e. The molecule has 0 aliphatic heterocycles. The molecule has 2 N–H and O–H groups in total. The molecule has 0 saturated heterocycles. The van der Waals surface area contributed by atoms with Crippen LogP contribution in [0.5, 0.6) is 0 Å². The van der Waals surface area contributed by atoms with Gasteiger partial charge in [0, 0.05) is 23.5 Å². The zero-order chi connectivity index (χ0) is 30.9. The molecule has 2 nitrogen and oxygen atoms in total. The maximum atomic E-state index is 3.83. The van der Waals surface area contributed by atoms with Crippen LogP contribution < -0.4 is 10.6 Å². The van der Waals surface area contributed by atoms with Gasteiger partial charge in [0.2, 0.25) is 0 Å². The molecule has 1 aliphatic carbocycles. The monoisotopic (exact) mass is 603 g/mol. The molecule has 0 unspecified atom stereocenters. The molecule has 2 heteroatoms. The van der Waals surface area contributed by atoms with Crippen LogP contribution in [0.2, 0.25) is 0 Å². The number of hydrogen-bond acceptors (Lipinski definition) is 2. The van der Waals surface area contributed by atoms with Crippen LogP contribution >= 0.6 is 0 Å². The quantitative estimate of drug-likeness (QED) is 0.105. The van der Waals surface area contributed by atoms with Crippen LogP contribution in [0.4, 0.5) is 11.4 Å². The van der Waals surface area contributed by atoms with Gasteiger partial charge in [-0.1, -0.05) is 154 Å². The predicted molar refractivity (Wildman–Crippen MR) is 197 cm³/mol. The summed E-state index contributed by atoms with van der Waals surface area (Å²) in [6.45, 7) is 4.60. The van der Waals surface area contributed by atoms with Crippen LogP contribution in [0, 0.1) is 0 Å². The van der Waals surface area contributed by atoms with E-state index in [1.165, 1.54) is 189 Å². The van der Waals surface area contributed by atoms with Crippen molar-refractivity contribution in [1.82, 2.24) is 0 Å². The molecule has 0 aromatic heterocycles. The maximum absolute atomic E-state index is 3.83. The first-order valence-electron chi connectivity index (χ1n) is 19.5. The summed E-state index contributed by atoms with van der Waals surface area (Å²) in [6.07, 6.45) is 35.6. The molecule has 2 aromatic rings. The minimum Gasteiger partial charge on any atom is -0.382 e. The number of aryl methyl sites for hydroxylation is 2. The van der Waals surface area contributed by atoms with E-state index in [1.807, 2.05) is 0 Å². The summed E-state index contributed by atoms with van der Waals surface area (Å²) in [4.78, 5) is 0. The van der Waals surface area contributed by atoms with E-state index in [-0.39, 0.29) is 0 Å².